The number of nitrogens with two attached hydrogens (primary N) is 1. The Labute approximate surface area is 165 Å². The third kappa shape index (κ3) is 3.88. The average Bonchev–Trinajstić information content (AvgIpc) is 3.10. The summed E-state index contributed by atoms with van der Waals surface area (Å²) < 4.78 is 24.3. The first-order valence-corrected chi connectivity index (χ1v) is 9.94. The summed E-state index contributed by atoms with van der Waals surface area (Å²) in [4.78, 5) is 8.56. The van der Waals surface area contributed by atoms with E-state index in [2.05, 4.69) is 25.7 Å². The van der Waals surface area contributed by atoms with E-state index in [1.165, 1.54) is 23.0 Å². The molecule has 4 rings (SSSR count). The quantitative estimate of drug-likeness (QED) is 0.457. The van der Waals surface area contributed by atoms with E-state index in [1.807, 2.05) is 12.1 Å². The number of fused-ring (bicyclic) bond motifs is 1. The second-order valence-electron chi connectivity index (χ2n) is 5.83. The fourth-order valence-corrected chi connectivity index (χ4v) is 3.26. The first kappa shape index (κ1) is 18.2. The lowest BCUT2D eigenvalue weighted by atomic mass is 10.3. The van der Waals surface area contributed by atoms with Crippen LogP contribution in [0.3, 0.4) is 0 Å². The summed E-state index contributed by atoms with van der Waals surface area (Å²) in [7, 11) is -3.75. The van der Waals surface area contributed by atoms with Crippen LogP contribution in [0.1, 0.15) is 0 Å². The number of halogens is 1. The summed E-state index contributed by atoms with van der Waals surface area (Å²) in [5, 5.41) is 16.2. The standard InChI is InChI=1S/C17H14ClN7O2S/c18-11-2-1-3-13(8-11)22-15-9-16(25-17(24-15)20-10-21-25)23-12-4-6-14(7-5-12)28(19,26)27/h1-10,23H,(H2,19,26,27)(H,20,21,22,24). The number of aromatic nitrogens is 4. The van der Waals surface area contributed by atoms with Crippen molar-refractivity contribution in [3.05, 3.63) is 65.9 Å². The van der Waals surface area contributed by atoms with Gasteiger partial charge in [-0.3, -0.25) is 0 Å². The number of benzene rings is 2. The van der Waals surface area contributed by atoms with Crippen molar-refractivity contribution in [2.24, 2.45) is 5.14 Å². The molecule has 0 saturated heterocycles. The van der Waals surface area contributed by atoms with Crippen LogP contribution in [-0.2, 0) is 10.0 Å². The van der Waals surface area contributed by atoms with E-state index in [-0.39, 0.29) is 4.90 Å². The van der Waals surface area contributed by atoms with Crippen LogP contribution in [0.5, 0.6) is 0 Å². The second-order valence-corrected chi connectivity index (χ2v) is 7.83. The Morgan fingerprint density at radius 1 is 1.00 bits per heavy atom. The number of nitrogens with one attached hydrogen (secondary N) is 2. The molecule has 0 amide bonds. The molecule has 0 fully saturated rings. The van der Waals surface area contributed by atoms with Crippen LogP contribution in [0.15, 0.2) is 65.8 Å². The molecule has 9 nitrogen and oxygen atoms in total. The zero-order valence-electron chi connectivity index (χ0n) is 14.2. The fourth-order valence-electron chi connectivity index (χ4n) is 2.56. The molecule has 0 bridgehead atoms. The van der Waals surface area contributed by atoms with Crippen LogP contribution in [-0.4, -0.2) is 28.0 Å². The summed E-state index contributed by atoms with van der Waals surface area (Å²) in [6.07, 6.45) is 1.39. The number of primary sulfonamides is 1. The van der Waals surface area contributed by atoms with Gasteiger partial charge in [-0.25, -0.2) is 13.6 Å². The van der Waals surface area contributed by atoms with Crippen molar-refractivity contribution < 1.29 is 8.42 Å². The molecule has 0 saturated carbocycles. The third-order valence-electron chi connectivity index (χ3n) is 3.80. The highest BCUT2D eigenvalue weighted by atomic mass is 35.5. The highest BCUT2D eigenvalue weighted by Crippen LogP contribution is 2.24. The average molecular weight is 416 g/mol. The van der Waals surface area contributed by atoms with Gasteiger partial charge < -0.3 is 10.6 Å². The van der Waals surface area contributed by atoms with Gasteiger partial charge >= 0.3 is 0 Å². The lowest BCUT2D eigenvalue weighted by Gasteiger charge is -2.11. The molecule has 0 unspecified atom stereocenters. The maximum Gasteiger partial charge on any atom is 0.256 e. The van der Waals surface area contributed by atoms with Gasteiger partial charge in [0.25, 0.3) is 5.78 Å². The molecular weight excluding hydrogens is 402 g/mol. The normalized spacial score (nSPS) is 11.5. The molecule has 142 valence electrons. The Bertz CT molecular complexity index is 1260. The Balaban J connectivity index is 1.67. The summed E-state index contributed by atoms with van der Waals surface area (Å²) in [6, 6.07) is 15.0. The predicted octanol–water partition coefficient (Wildman–Crippen LogP) is 2.91. The number of hydrogen-bond acceptors (Lipinski definition) is 7. The van der Waals surface area contributed by atoms with E-state index in [1.54, 1.807) is 30.3 Å². The summed E-state index contributed by atoms with van der Waals surface area (Å²) in [5.41, 5.74) is 1.41. The van der Waals surface area contributed by atoms with Crippen molar-refractivity contribution in [1.82, 2.24) is 19.6 Å². The van der Waals surface area contributed by atoms with Crippen LogP contribution in [0.2, 0.25) is 5.02 Å². The van der Waals surface area contributed by atoms with E-state index in [0.717, 1.165) is 5.69 Å². The molecule has 28 heavy (non-hydrogen) atoms. The van der Waals surface area contributed by atoms with Crippen molar-refractivity contribution in [3.63, 3.8) is 0 Å². The molecule has 2 aromatic heterocycles. The van der Waals surface area contributed by atoms with Crippen molar-refractivity contribution in [1.29, 1.82) is 0 Å². The van der Waals surface area contributed by atoms with E-state index < -0.39 is 10.0 Å². The van der Waals surface area contributed by atoms with E-state index in [9.17, 15) is 8.42 Å². The number of rotatable bonds is 5. The summed E-state index contributed by atoms with van der Waals surface area (Å²) in [6.45, 7) is 0. The number of nitrogens with zero attached hydrogens (tertiary/aromatic N) is 4. The van der Waals surface area contributed by atoms with Gasteiger partial charge in [0.1, 0.15) is 18.0 Å². The predicted molar refractivity (Wildman–Crippen MR) is 107 cm³/mol. The lowest BCUT2D eigenvalue weighted by Crippen LogP contribution is -2.12. The minimum absolute atomic E-state index is 0.0296. The zero-order chi connectivity index (χ0) is 19.7. The van der Waals surface area contributed by atoms with Crippen LogP contribution in [0.4, 0.5) is 23.0 Å². The highest BCUT2D eigenvalue weighted by Gasteiger charge is 2.10. The molecule has 0 aliphatic rings. The van der Waals surface area contributed by atoms with Crippen LogP contribution < -0.4 is 15.8 Å². The van der Waals surface area contributed by atoms with Gasteiger partial charge in [-0.05, 0) is 42.5 Å². The smallest absolute Gasteiger partial charge is 0.256 e. The van der Waals surface area contributed by atoms with Crippen molar-refractivity contribution in [3.8, 4) is 0 Å². The van der Waals surface area contributed by atoms with Gasteiger partial charge in [0, 0.05) is 22.5 Å². The van der Waals surface area contributed by atoms with Crippen molar-refractivity contribution in [2.75, 3.05) is 10.6 Å². The Hall–Kier alpha value is -3.21. The van der Waals surface area contributed by atoms with Crippen LogP contribution >= 0.6 is 11.6 Å². The molecule has 4 aromatic rings. The highest BCUT2D eigenvalue weighted by molar-refractivity contribution is 7.89. The van der Waals surface area contributed by atoms with E-state index >= 15 is 0 Å². The largest absolute Gasteiger partial charge is 0.340 e. The van der Waals surface area contributed by atoms with Crippen molar-refractivity contribution in [2.45, 2.75) is 4.90 Å². The summed E-state index contributed by atoms with van der Waals surface area (Å²) in [5.74, 6) is 1.50. The first-order chi connectivity index (χ1) is 13.4. The Morgan fingerprint density at radius 2 is 1.79 bits per heavy atom. The molecule has 0 spiro atoms. The van der Waals surface area contributed by atoms with Crippen LogP contribution in [0, 0.1) is 0 Å². The lowest BCUT2D eigenvalue weighted by molar-refractivity contribution is 0.598. The zero-order valence-corrected chi connectivity index (χ0v) is 15.8. The van der Waals surface area contributed by atoms with E-state index in [0.29, 0.717) is 28.1 Å². The third-order valence-corrected chi connectivity index (χ3v) is 4.97. The van der Waals surface area contributed by atoms with Gasteiger partial charge in [0.15, 0.2) is 0 Å². The van der Waals surface area contributed by atoms with Gasteiger partial charge in [0.2, 0.25) is 10.0 Å². The molecule has 0 atom stereocenters. The van der Waals surface area contributed by atoms with Gasteiger partial charge in [-0.2, -0.15) is 19.6 Å². The molecule has 0 aliphatic carbocycles. The SMILES string of the molecule is NS(=O)(=O)c1ccc(Nc2cc(Nc3cccc(Cl)c3)nc3ncnn23)cc1. The first-order valence-electron chi connectivity index (χ1n) is 8.02. The fraction of sp³-hybridized carbons (Fsp3) is 0. The molecular formula is C17H14ClN7O2S. The maximum atomic E-state index is 11.4. The molecule has 4 N–H and O–H groups in total. The number of anilines is 4. The molecule has 0 radical (unpaired) electrons. The molecule has 2 aromatic carbocycles. The molecule has 0 aliphatic heterocycles. The van der Waals surface area contributed by atoms with Crippen LogP contribution in [0.25, 0.3) is 5.78 Å². The number of hydrogen-bond donors (Lipinski definition) is 3. The minimum atomic E-state index is -3.75. The van der Waals surface area contributed by atoms with Gasteiger partial charge in [-0.15, -0.1) is 0 Å². The number of sulfonamides is 1. The van der Waals surface area contributed by atoms with E-state index in [4.69, 9.17) is 16.7 Å². The monoisotopic (exact) mass is 415 g/mol. The maximum absolute atomic E-state index is 11.4. The Morgan fingerprint density at radius 3 is 2.50 bits per heavy atom. The summed E-state index contributed by atoms with van der Waals surface area (Å²) >= 11 is 6.02. The van der Waals surface area contributed by atoms with Gasteiger partial charge in [-0.1, -0.05) is 17.7 Å². The molecule has 2 heterocycles. The Kier molecular flexibility index (Phi) is 4.59. The molecule has 11 heteroatoms. The topological polar surface area (TPSA) is 127 Å². The minimum Gasteiger partial charge on any atom is -0.340 e. The van der Waals surface area contributed by atoms with Gasteiger partial charge in [0.05, 0.1) is 4.90 Å². The van der Waals surface area contributed by atoms with Crippen molar-refractivity contribution >= 4 is 50.4 Å². The second kappa shape index (κ2) is 7.08.